The van der Waals surface area contributed by atoms with Crippen LogP contribution in [0.2, 0.25) is 0 Å². The van der Waals surface area contributed by atoms with E-state index in [1.54, 1.807) is 20.8 Å². The Hall–Kier alpha value is -3.96. The summed E-state index contributed by atoms with van der Waals surface area (Å²) < 4.78 is 15.0. The lowest BCUT2D eigenvalue weighted by Crippen LogP contribution is -2.26. The maximum Gasteiger partial charge on any atom is 0.407 e. The van der Waals surface area contributed by atoms with Crippen molar-refractivity contribution in [1.29, 1.82) is 0 Å². The number of esters is 2. The number of rotatable bonds is 36. The second-order valence-corrected chi connectivity index (χ2v) is 14.6. The molecule has 0 aromatic rings. The zero-order valence-electron chi connectivity index (χ0n) is 34.5. The van der Waals surface area contributed by atoms with Crippen molar-refractivity contribution in [1.82, 2.24) is 16.0 Å². The van der Waals surface area contributed by atoms with Crippen LogP contribution < -0.4 is 16.0 Å². The SMILES string of the molecule is C=C(C)C(=O)CCOC(=O)NCCCCCC(CCCCCCCCCNC(=O)CCOC(=O)C(=C)C)CCCCCCCNC(=O)CCOC(=O)C(=C)C. The van der Waals surface area contributed by atoms with Crippen LogP contribution >= 0.6 is 0 Å². The van der Waals surface area contributed by atoms with Crippen molar-refractivity contribution in [2.75, 3.05) is 39.5 Å². The van der Waals surface area contributed by atoms with Crippen LogP contribution in [0.15, 0.2) is 36.5 Å². The summed E-state index contributed by atoms with van der Waals surface area (Å²) in [7, 11) is 0. The van der Waals surface area contributed by atoms with Crippen LogP contribution in [0.4, 0.5) is 4.79 Å². The molecule has 0 fully saturated rings. The first-order chi connectivity index (χ1) is 26.3. The molecule has 1 unspecified atom stereocenters. The quantitative estimate of drug-likeness (QED) is 0.0247. The van der Waals surface area contributed by atoms with Gasteiger partial charge in [-0.2, -0.15) is 0 Å². The predicted molar refractivity (Wildman–Crippen MR) is 217 cm³/mol. The number of unbranched alkanes of at least 4 members (excludes halogenated alkanes) is 12. The van der Waals surface area contributed by atoms with Gasteiger partial charge in [-0.25, -0.2) is 14.4 Å². The molecule has 1 atom stereocenters. The molecule has 0 bridgehead atoms. The Balaban J connectivity index is 4.27. The van der Waals surface area contributed by atoms with Gasteiger partial charge in [0.2, 0.25) is 11.8 Å². The van der Waals surface area contributed by atoms with Gasteiger partial charge >= 0.3 is 18.0 Å². The van der Waals surface area contributed by atoms with Crippen molar-refractivity contribution in [3.63, 3.8) is 0 Å². The van der Waals surface area contributed by atoms with Crippen molar-refractivity contribution >= 4 is 35.6 Å². The molecule has 0 spiro atoms. The molecule has 12 heteroatoms. The number of amides is 3. The van der Waals surface area contributed by atoms with Crippen LogP contribution in [0.3, 0.4) is 0 Å². The normalized spacial score (nSPS) is 11.2. The highest BCUT2D eigenvalue weighted by molar-refractivity contribution is 5.94. The highest BCUT2D eigenvalue weighted by Crippen LogP contribution is 2.24. The lowest BCUT2D eigenvalue weighted by molar-refractivity contribution is -0.141. The molecule has 12 nitrogen and oxygen atoms in total. The fraction of sp³-hybridized carbons (Fsp3) is 0.721. The van der Waals surface area contributed by atoms with Gasteiger partial charge in [-0.05, 0) is 51.5 Å². The van der Waals surface area contributed by atoms with E-state index >= 15 is 0 Å². The summed E-state index contributed by atoms with van der Waals surface area (Å²) in [4.78, 5) is 70.1. The summed E-state index contributed by atoms with van der Waals surface area (Å²) >= 11 is 0. The first-order valence-electron chi connectivity index (χ1n) is 20.6. The molecule has 0 saturated heterocycles. The Bertz CT molecular complexity index is 1180. The van der Waals surface area contributed by atoms with Gasteiger partial charge in [-0.15, -0.1) is 0 Å². The maximum absolute atomic E-state index is 11.9. The van der Waals surface area contributed by atoms with Gasteiger partial charge in [0, 0.05) is 37.2 Å². The fourth-order valence-corrected chi connectivity index (χ4v) is 5.74. The van der Waals surface area contributed by atoms with E-state index in [-0.39, 0.29) is 56.7 Å². The monoisotopic (exact) mass is 776 g/mol. The lowest BCUT2D eigenvalue weighted by atomic mass is 9.89. The highest BCUT2D eigenvalue weighted by Gasteiger charge is 2.11. The Labute approximate surface area is 331 Å². The van der Waals surface area contributed by atoms with Crippen LogP contribution in [0.1, 0.15) is 156 Å². The van der Waals surface area contributed by atoms with Crippen LogP contribution in [0.5, 0.6) is 0 Å². The van der Waals surface area contributed by atoms with Gasteiger partial charge in [0.25, 0.3) is 0 Å². The molecule has 314 valence electrons. The minimum Gasteiger partial charge on any atom is -0.462 e. The number of hydrogen-bond donors (Lipinski definition) is 3. The third-order valence-corrected chi connectivity index (χ3v) is 9.14. The van der Waals surface area contributed by atoms with Crippen molar-refractivity contribution in [3.05, 3.63) is 36.5 Å². The predicted octanol–water partition coefficient (Wildman–Crippen LogP) is 8.14. The number of nitrogens with one attached hydrogen (secondary N) is 3. The average molecular weight is 776 g/mol. The van der Waals surface area contributed by atoms with Crippen molar-refractivity contribution < 1.29 is 43.0 Å². The summed E-state index contributed by atoms with van der Waals surface area (Å²) in [5.41, 5.74) is 1.11. The third-order valence-electron chi connectivity index (χ3n) is 9.14. The number of ketones is 1. The number of alkyl carbamates (subject to hydrolysis) is 1. The first kappa shape index (κ1) is 51.0. The van der Waals surface area contributed by atoms with E-state index in [2.05, 4.69) is 35.7 Å². The molecule has 0 aliphatic heterocycles. The molecule has 0 saturated carbocycles. The van der Waals surface area contributed by atoms with E-state index in [1.165, 1.54) is 57.8 Å². The Morgan fingerprint density at radius 1 is 0.436 bits per heavy atom. The maximum atomic E-state index is 11.9. The average Bonchev–Trinajstić information content (AvgIpc) is 3.13. The topological polar surface area (TPSA) is 166 Å². The molecule has 0 aliphatic rings. The van der Waals surface area contributed by atoms with Crippen LogP contribution in [0.25, 0.3) is 0 Å². The molecule has 0 heterocycles. The van der Waals surface area contributed by atoms with E-state index in [9.17, 15) is 28.8 Å². The van der Waals surface area contributed by atoms with Gasteiger partial charge in [0.05, 0.1) is 12.8 Å². The van der Waals surface area contributed by atoms with Gasteiger partial charge in [0.15, 0.2) is 5.78 Å². The van der Waals surface area contributed by atoms with Crippen molar-refractivity contribution in [2.24, 2.45) is 5.92 Å². The molecule has 55 heavy (non-hydrogen) atoms. The van der Waals surface area contributed by atoms with E-state index in [1.807, 2.05) is 0 Å². The number of hydrogen-bond acceptors (Lipinski definition) is 9. The first-order valence-corrected chi connectivity index (χ1v) is 20.6. The number of carbonyl (C=O) groups is 6. The zero-order chi connectivity index (χ0) is 41.1. The second kappa shape index (κ2) is 34.5. The van der Waals surface area contributed by atoms with E-state index in [0.29, 0.717) is 42.3 Å². The number of Topliss-reactive ketones (excluding diaryl/α,β-unsaturated/α-hetero) is 1. The molecule has 0 aliphatic carbocycles. The smallest absolute Gasteiger partial charge is 0.407 e. The van der Waals surface area contributed by atoms with Gasteiger partial charge in [0.1, 0.15) is 19.8 Å². The number of ether oxygens (including phenoxy) is 3. The highest BCUT2D eigenvalue weighted by atomic mass is 16.5. The Morgan fingerprint density at radius 3 is 1.18 bits per heavy atom. The van der Waals surface area contributed by atoms with Crippen LogP contribution in [-0.4, -0.2) is 75.1 Å². The number of allylic oxidation sites excluding steroid dienone is 1. The molecule has 0 rings (SSSR count). The second-order valence-electron chi connectivity index (χ2n) is 14.6. The molecule has 0 aromatic carbocycles. The molecular formula is C43H73N3O9. The van der Waals surface area contributed by atoms with Gasteiger partial charge in [-0.3, -0.25) is 14.4 Å². The Morgan fingerprint density at radius 2 is 0.782 bits per heavy atom. The minimum absolute atomic E-state index is 0.0603. The van der Waals surface area contributed by atoms with Gasteiger partial charge in [-0.1, -0.05) is 116 Å². The fourth-order valence-electron chi connectivity index (χ4n) is 5.74. The molecular weight excluding hydrogens is 702 g/mol. The molecule has 0 aromatic heterocycles. The van der Waals surface area contributed by atoms with E-state index < -0.39 is 18.0 Å². The summed E-state index contributed by atoms with van der Waals surface area (Å²) in [6.07, 6.45) is 20.2. The molecule has 0 radical (unpaired) electrons. The summed E-state index contributed by atoms with van der Waals surface area (Å²) in [6.45, 7) is 17.5. The van der Waals surface area contributed by atoms with Crippen molar-refractivity contribution in [3.8, 4) is 0 Å². The number of carbonyl (C=O) groups excluding carboxylic acids is 6. The van der Waals surface area contributed by atoms with Crippen LogP contribution in [0, 0.1) is 5.92 Å². The minimum atomic E-state index is -0.487. The zero-order valence-corrected chi connectivity index (χ0v) is 34.5. The molecule has 3 amide bonds. The largest absolute Gasteiger partial charge is 0.462 e. The van der Waals surface area contributed by atoms with Crippen LogP contribution in [-0.2, 0) is 38.2 Å². The lowest BCUT2D eigenvalue weighted by Gasteiger charge is -2.17. The summed E-state index contributed by atoms with van der Waals surface area (Å²) in [5, 5.41) is 8.55. The van der Waals surface area contributed by atoms with Crippen molar-refractivity contribution in [2.45, 2.75) is 156 Å². The summed E-state index contributed by atoms with van der Waals surface area (Å²) in [6, 6.07) is 0. The van der Waals surface area contributed by atoms with E-state index in [4.69, 9.17) is 14.2 Å². The van der Waals surface area contributed by atoms with Gasteiger partial charge < -0.3 is 30.2 Å². The summed E-state index contributed by atoms with van der Waals surface area (Å²) in [5.74, 6) is -0.578. The van der Waals surface area contributed by atoms with E-state index in [0.717, 1.165) is 57.8 Å². The Kier molecular flexibility index (Phi) is 32.0. The third kappa shape index (κ3) is 33.1. The standard InChI is InChI=1S/C43H73N3O9/c1-34(2)38(47)25-31-55-43(52)46-30-21-15-18-24-37(23-17-12-10-14-20-29-45-40(49)27-33-54-42(51)36(5)6)22-16-11-8-7-9-13-19-28-44-39(48)26-32-53-41(50)35(3)4/h37H,1,3,5,7-33H2,2,4,6H3,(H,44,48)(H,45,49)(H,46,52). The molecule has 3 N–H and O–H groups in total.